The first-order chi connectivity index (χ1) is 18.3. The summed E-state index contributed by atoms with van der Waals surface area (Å²) < 4.78 is 15.1. The maximum Gasteiger partial charge on any atom is 0.283 e. The fourth-order valence-electron chi connectivity index (χ4n) is 7.38. The third kappa shape index (κ3) is 2.88. The molecule has 4 heteroatoms. The van der Waals surface area contributed by atoms with Crippen molar-refractivity contribution < 1.29 is 14.0 Å². The van der Waals surface area contributed by atoms with Crippen LogP contribution in [0.5, 0.6) is 0 Å². The largest absolute Gasteiger partial charge is 0.366 e. The lowest BCUT2D eigenvalue weighted by Gasteiger charge is -2.49. The topological polar surface area (TPSA) is 33.8 Å². The predicted octanol–water partition coefficient (Wildman–Crippen LogP) is 6.91. The van der Waals surface area contributed by atoms with E-state index in [1.54, 1.807) is 14.2 Å². The second kappa shape index (κ2) is 8.08. The number of fused-ring (bicyclic) bond motifs is 9. The minimum Gasteiger partial charge on any atom is -0.366 e. The van der Waals surface area contributed by atoms with E-state index in [0.29, 0.717) is 5.92 Å². The zero-order valence-corrected chi connectivity index (χ0v) is 23.1. The first-order valence-electron chi connectivity index (χ1n) is 13.7. The summed E-state index contributed by atoms with van der Waals surface area (Å²) in [6.45, 7) is 8.86. The Morgan fingerprint density at radius 1 is 0.895 bits per heavy atom. The van der Waals surface area contributed by atoms with E-state index in [2.05, 4.69) is 99.0 Å². The van der Waals surface area contributed by atoms with Crippen LogP contribution in [0.15, 0.2) is 71.7 Å². The normalized spacial score (nSPS) is 27.6. The molecule has 0 spiro atoms. The fourth-order valence-corrected chi connectivity index (χ4v) is 7.38. The summed E-state index contributed by atoms with van der Waals surface area (Å²) in [5.41, 5.74) is 6.36. The third-order valence-corrected chi connectivity index (χ3v) is 9.70. The molecule has 38 heavy (non-hydrogen) atoms. The van der Waals surface area contributed by atoms with Crippen LogP contribution >= 0.6 is 0 Å². The summed E-state index contributed by atoms with van der Waals surface area (Å²) in [6, 6.07) is 24.9. The van der Waals surface area contributed by atoms with Gasteiger partial charge in [0.1, 0.15) is 5.71 Å². The highest BCUT2D eigenvalue weighted by Crippen LogP contribution is 2.52. The van der Waals surface area contributed by atoms with Gasteiger partial charge in [-0.05, 0) is 57.1 Å². The lowest BCUT2D eigenvalue weighted by Crippen LogP contribution is -2.64. The van der Waals surface area contributed by atoms with Gasteiger partial charge >= 0.3 is 0 Å². The minimum atomic E-state index is -0.783. The molecule has 7 rings (SSSR count). The molecule has 4 atom stereocenters. The highest BCUT2D eigenvalue weighted by molar-refractivity contribution is 6.16. The lowest BCUT2D eigenvalue weighted by molar-refractivity contribution is -0.600. The Morgan fingerprint density at radius 2 is 1.58 bits per heavy atom. The average molecular weight is 504 g/mol. The zero-order chi connectivity index (χ0) is 26.4. The molecule has 3 aliphatic rings. The summed E-state index contributed by atoms with van der Waals surface area (Å²) in [5, 5.41) is 5.16. The van der Waals surface area contributed by atoms with E-state index in [1.807, 2.05) is 6.34 Å². The van der Waals surface area contributed by atoms with Crippen molar-refractivity contribution in [3.63, 3.8) is 0 Å². The van der Waals surface area contributed by atoms with Crippen molar-refractivity contribution in [2.75, 3.05) is 14.2 Å². The second-order valence-electron chi connectivity index (χ2n) is 11.7. The second-order valence-corrected chi connectivity index (χ2v) is 11.7. The van der Waals surface area contributed by atoms with E-state index < -0.39 is 11.3 Å². The number of hydrogen-bond acceptors (Lipinski definition) is 3. The molecule has 192 valence electrons. The zero-order valence-electron chi connectivity index (χ0n) is 23.1. The molecular formula is C34H35N2O2+. The van der Waals surface area contributed by atoms with E-state index in [9.17, 15) is 0 Å². The number of benzene rings is 4. The summed E-state index contributed by atoms with van der Waals surface area (Å²) in [7, 11) is 3.59. The number of methoxy groups -OCH3 is 2. The predicted molar refractivity (Wildman–Crippen MR) is 155 cm³/mol. The molecule has 0 radical (unpaired) electrons. The Balaban J connectivity index is 1.62. The summed E-state index contributed by atoms with van der Waals surface area (Å²) >= 11 is 0. The van der Waals surface area contributed by atoms with Gasteiger partial charge in [-0.2, -0.15) is 0 Å². The monoisotopic (exact) mass is 503 g/mol. The number of hydrogen-bond donors (Lipinski definition) is 0. The van der Waals surface area contributed by atoms with E-state index >= 15 is 0 Å². The molecule has 0 fully saturated rings. The van der Waals surface area contributed by atoms with Gasteiger partial charge in [0.2, 0.25) is 5.72 Å². The minimum absolute atomic E-state index is 0.141. The van der Waals surface area contributed by atoms with Crippen LogP contribution in [0.4, 0.5) is 0 Å². The summed E-state index contributed by atoms with van der Waals surface area (Å²) in [4.78, 5) is 5.17. The van der Waals surface area contributed by atoms with Gasteiger partial charge < -0.3 is 9.47 Å². The quantitative estimate of drug-likeness (QED) is 0.285. The van der Waals surface area contributed by atoms with Gasteiger partial charge in [0.25, 0.3) is 6.34 Å². The first kappa shape index (κ1) is 23.8. The Hall–Kier alpha value is -3.34. The van der Waals surface area contributed by atoms with Crippen molar-refractivity contribution in [3.8, 4) is 0 Å². The van der Waals surface area contributed by atoms with Gasteiger partial charge in [0, 0.05) is 38.7 Å². The highest BCUT2D eigenvalue weighted by atomic mass is 16.6. The van der Waals surface area contributed by atoms with Crippen LogP contribution in [-0.2, 0) is 21.5 Å². The maximum absolute atomic E-state index is 6.44. The molecular weight excluding hydrogens is 468 g/mol. The SMILES string of the molecule is COC1(C)c2cc(C(C)C)c3ccccc3c2C2=[N+](C=NC3Cc4cc5ccccc5cc4C23)C1(C)OC. The summed E-state index contributed by atoms with van der Waals surface area (Å²) in [6.07, 6.45) is 2.97. The molecule has 0 bridgehead atoms. The molecule has 0 amide bonds. The molecule has 1 aliphatic carbocycles. The molecule has 0 saturated heterocycles. The van der Waals surface area contributed by atoms with Crippen molar-refractivity contribution in [2.45, 2.75) is 63.3 Å². The van der Waals surface area contributed by atoms with Crippen LogP contribution in [0.1, 0.15) is 67.3 Å². The number of aliphatic imine (C=N–C) groups is 1. The van der Waals surface area contributed by atoms with Crippen LogP contribution in [0.2, 0.25) is 0 Å². The van der Waals surface area contributed by atoms with E-state index in [4.69, 9.17) is 14.5 Å². The standard InChI is InChI=1S/C34H35N2O2/c1-20(2)26-18-28-30(25-14-10-9-13-24(25)26)32-31-27-16-22-12-8-7-11-21(22)15-23(27)17-29(31)35-19-36(32)34(4,38-6)33(28,3)37-5/h7-16,18-20,29,31H,17H2,1-6H3/q+1. The van der Waals surface area contributed by atoms with Gasteiger partial charge in [-0.25, -0.2) is 4.58 Å². The summed E-state index contributed by atoms with van der Waals surface area (Å²) in [5.74, 6) is 0.518. The Labute approximate surface area is 224 Å². The van der Waals surface area contributed by atoms with Crippen molar-refractivity contribution in [2.24, 2.45) is 4.99 Å². The highest BCUT2D eigenvalue weighted by Gasteiger charge is 2.61. The molecule has 0 saturated carbocycles. The van der Waals surface area contributed by atoms with Gasteiger partial charge in [-0.1, -0.05) is 79.5 Å². The van der Waals surface area contributed by atoms with Crippen molar-refractivity contribution >= 4 is 33.6 Å². The smallest absolute Gasteiger partial charge is 0.283 e. The molecule has 4 nitrogen and oxygen atoms in total. The van der Waals surface area contributed by atoms with Crippen LogP contribution in [0.25, 0.3) is 21.5 Å². The molecule has 4 aromatic carbocycles. The van der Waals surface area contributed by atoms with Crippen LogP contribution < -0.4 is 0 Å². The van der Waals surface area contributed by atoms with Crippen molar-refractivity contribution in [3.05, 3.63) is 94.5 Å². The lowest BCUT2D eigenvalue weighted by atomic mass is 9.71. The Bertz CT molecular complexity index is 1700. The molecule has 0 aromatic heterocycles. The Kier molecular flexibility index (Phi) is 5.05. The van der Waals surface area contributed by atoms with Gasteiger partial charge in [0.15, 0.2) is 11.6 Å². The average Bonchev–Trinajstić information content (AvgIpc) is 3.30. The number of ether oxygens (including phenoxy) is 2. The number of nitrogens with zero attached hydrogens (tertiary/aromatic N) is 2. The third-order valence-electron chi connectivity index (χ3n) is 9.70. The van der Waals surface area contributed by atoms with Crippen LogP contribution in [-0.4, -0.2) is 42.6 Å². The molecule has 4 unspecified atom stereocenters. The van der Waals surface area contributed by atoms with E-state index in [0.717, 1.165) is 6.42 Å². The van der Waals surface area contributed by atoms with Gasteiger partial charge in [-0.3, -0.25) is 0 Å². The van der Waals surface area contributed by atoms with Crippen LogP contribution in [0.3, 0.4) is 0 Å². The van der Waals surface area contributed by atoms with E-state index in [1.165, 1.54) is 55.1 Å². The van der Waals surface area contributed by atoms with Gasteiger partial charge in [0.05, 0.1) is 5.92 Å². The number of rotatable bonds is 3. The molecule has 4 aromatic rings. The first-order valence-corrected chi connectivity index (χ1v) is 13.7. The Morgan fingerprint density at radius 3 is 2.26 bits per heavy atom. The van der Waals surface area contributed by atoms with Crippen molar-refractivity contribution in [1.29, 1.82) is 0 Å². The molecule has 2 aliphatic heterocycles. The molecule has 0 N–H and O–H groups in total. The van der Waals surface area contributed by atoms with Crippen molar-refractivity contribution in [1.82, 2.24) is 0 Å². The fraction of sp³-hybridized carbons (Fsp3) is 0.353. The van der Waals surface area contributed by atoms with E-state index in [-0.39, 0.29) is 12.0 Å². The maximum atomic E-state index is 6.44. The van der Waals surface area contributed by atoms with Crippen LogP contribution in [0, 0.1) is 0 Å². The molecule has 2 heterocycles. The van der Waals surface area contributed by atoms with Gasteiger partial charge in [-0.15, -0.1) is 0 Å².